The molecule has 1 aliphatic heterocycles. The van der Waals surface area contributed by atoms with E-state index in [-0.39, 0.29) is 11.1 Å². The number of piperazine rings is 1. The second-order valence-electron chi connectivity index (χ2n) is 9.62. The summed E-state index contributed by atoms with van der Waals surface area (Å²) in [6, 6.07) is 0.794. The van der Waals surface area contributed by atoms with E-state index in [0.29, 0.717) is 17.0 Å². The largest absolute Gasteiger partial charge is 0.340 e. The summed E-state index contributed by atoms with van der Waals surface area (Å²) in [5.74, 6) is 2.60. The Balaban J connectivity index is 1.36. The fourth-order valence-corrected chi connectivity index (χ4v) is 5.47. The van der Waals surface area contributed by atoms with Crippen LogP contribution in [0.5, 0.6) is 0 Å². The molecule has 3 fully saturated rings. The van der Waals surface area contributed by atoms with Crippen LogP contribution in [0.1, 0.15) is 46.5 Å². The second kappa shape index (κ2) is 6.06. The molecule has 7 nitrogen and oxygen atoms in total. The fraction of sp³-hybridized carbons (Fsp3) is 0.750. The Bertz CT molecular complexity index is 901. The van der Waals surface area contributed by atoms with Crippen LogP contribution in [0.4, 0.5) is 5.95 Å². The first kappa shape index (κ1) is 17.2. The fourth-order valence-electron chi connectivity index (χ4n) is 5.47. The van der Waals surface area contributed by atoms with Gasteiger partial charge in [0.05, 0.1) is 11.7 Å². The van der Waals surface area contributed by atoms with Gasteiger partial charge in [0.25, 0.3) is 5.56 Å². The van der Waals surface area contributed by atoms with Gasteiger partial charge in [0.1, 0.15) is 5.39 Å². The van der Waals surface area contributed by atoms with Crippen molar-refractivity contribution in [1.29, 1.82) is 0 Å². The van der Waals surface area contributed by atoms with E-state index >= 15 is 0 Å². The number of rotatable bonds is 2. The number of anilines is 1. The SMILES string of the molecule is CC(C)(C)n1ncc2c(=O)[nH]c(N3CCN(C4CC5CCC4C5)CC3)nc21. The van der Waals surface area contributed by atoms with E-state index in [4.69, 9.17) is 4.98 Å². The van der Waals surface area contributed by atoms with Crippen LogP contribution in [-0.4, -0.2) is 56.9 Å². The van der Waals surface area contributed by atoms with Crippen LogP contribution < -0.4 is 10.5 Å². The minimum atomic E-state index is -0.208. The second-order valence-corrected chi connectivity index (χ2v) is 9.62. The highest BCUT2D eigenvalue weighted by atomic mass is 16.1. The molecule has 0 aromatic carbocycles. The maximum Gasteiger partial charge on any atom is 0.263 e. The van der Waals surface area contributed by atoms with Gasteiger partial charge in [-0.15, -0.1) is 0 Å². The zero-order valence-electron chi connectivity index (χ0n) is 16.6. The van der Waals surface area contributed by atoms with Crippen LogP contribution >= 0.6 is 0 Å². The van der Waals surface area contributed by atoms with E-state index in [1.165, 1.54) is 25.7 Å². The van der Waals surface area contributed by atoms with Crippen molar-refractivity contribution in [3.8, 4) is 0 Å². The molecule has 27 heavy (non-hydrogen) atoms. The molecule has 1 N–H and O–H groups in total. The Morgan fingerprint density at radius 3 is 2.52 bits per heavy atom. The lowest BCUT2D eigenvalue weighted by atomic mass is 9.93. The topological polar surface area (TPSA) is 70.1 Å². The standard InChI is InChI=1S/C20H30N6O/c1-20(2,3)26-17-15(12-21-26)18(27)23-19(22-17)25-8-6-24(7-9-25)16-11-13-4-5-14(16)10-13/h12-14,16H,4-11H2,1-3H3,(H,22,23,27). The predicted octanol–water partition coefficient (Wildman–Crippen LogP) is 2.19. The number of nitrogens with zero attached hydrogens (tertiary/aromatic N) is 5. The van der Waals surface area contributed by atoms with Crippen molar-refractivity contribution >= 4 is 17.0 Å². The van der Waals surface area contributed by atoms with Gasteiger partial charge in [-0.2, -0.15) is 10.1 Å². The molecule has 2 aromatic heterocycles. The number of hydrogen-bond donors (Lipinski definition) is 1. The quantitative estimate of drug-likeness (QED) is 0.877. The number of fused-ring (bicyclic) bond motifs is 3. The lowest BCUT2D eigenvalue weighted by Crippen LogP contribution is -2.52. The van der Waals surface area contributed by atoms with Crippen molar-refractivity contribution < 1.29 is 0 Å². The highest BCUT2D eigenvalue weighted by Gasteiger charge is 2.42. The third-order valence-corrected chi connectivity index (χ3v) is 6.84. The number of aromatic amines is 1. The molecule has 2 saturated carbocycles. The van der Waals surface area contributed by atoms with Crippen LogP contribution in [0.25, 0.3) is 11.0 Å². The monoisotopic (exact) mass is 370 g/mol. The molecule has 1 saturated heterocycles. The number of hydrogen-bond acceptors (Lipinski definition) is 5. The lowest BCUT2D eigenvalue weighted by Gasteiger charge is -2.41. The summed E-state index contributed by atoms with van der Waals surface area (Å²) in [4.78, 5) is 25.3. The average molecular weight is 371 g/mol. The minimum absolute atomic E-state index is 0.0963. The first-order valence-electron chi connectivity index (χ1n) is 10.4. The molecular weight excluding hydrogens is 340 g/mol. The van der Waals surface area contributed by atoms with Gasteiger partial charge in [-0.1, -0.05) is 6.42 Å². The number of aromatic nitrogens is 4. The highest BCUT2D eigenvalue weighted by Crippen LogP contribution is 2.46. The van der Waals surface area contributed by atoms with Crippen LogP contribution in [0.2, 0.25) is 0 Å². The summed E-state index contributed by atoms with van der Waals surface area (Å²) in [5.41, 5.74) is 0.373. The van der Waals surface area contributed by atoms with Gasteiger partial charge in [-0.05, 0) is 51.9 Å². The molecule has 3 aliphatic rings. The Labute approximate surface area is 159 Å². The Morgan fingerprint density at radius 1 is 1.11 bits per heavy atom. The van der Waals surface area contributed by atoms with Gasteiger partial charge in [0.15, 0.2) is 5.65 Å². The highest BCUT2D eigenvalue weighted by molar-refractivity contribution is 5.74. The average Bonchev–Trinajstić information content (AvgIpc) is 3.36. The molecule has 2 aliphatic carbocycles. The maximum absolute atomic E-state index is 12.6. The predicted molar refractivity (Wildman–Crippen MR) is 106 cm³/mol. The van der Waals surface area contributed by atoms with Gasteiger partial charge in [0.2, 0.25) is 5.95 Å². The van der Waals surface area contributed by atoms with Gasteiger partial charge in [0, 0.05) is 32.2 Å². The smallest absolute Gasteiger partial charge is 0.263 e. The summed E-state index contributed by atoms with van der Waals surface area (Å²) in [6.45, 7) is 10.2. The molecule has 0 amide bonds. The summed E-state index contributed by atoms with van der Waals surface area (Å²) in [7, 11) is 0. The minimum Gasteiger partial charge on any atom is -0.340 e. The van der Waals surface area contributed by atoms with E-state index < -0.39 is 0 Å². The Morgan fingerprint density at radius 2 is 1.89 bits per heavy atom. The van der Waals surface area contributed by atoms with E-state index in [9.17, 15) is 4.79 Å². The van der Waals surface area contributed by atoms with Crippen LogP contribution in [0.3, 0.4) is 0 Å². The van der Waals surface area contributed by atoms with Gasteiger partial charge >= 0.3 is 0 Å². The van der Waals surface area contributed by atoms with Gasteiger partial charge < -0.3 is 4.90 Å². The molecule has 5 rings (SSSR count). The normalized spacial score (nSPS) is 29.1. The van der Waals surface area contributed by atoms with Crippen molar-refractivity contribution in [2.75, 3.05) is 31.1 Å². The molecule has 146 valence electrons. The summed E-state index contributed by atoms with van der Waals surface area (Å²) in [6.07, 6.45) is 7.36. The van der Waals surface area contributed by atoms with Crippen molar-refractivity contribution in [3.05, 3.63) is 16.6 Å². The van der Waals surface area contributed by atoms with E-state index in [1.807, 2.05) is 4.68 Å². The Hall–Kier alpha value is -1.89. The Kier molecular flexibility index (Phi) is 3.86. The van der Waals surface area contributed by atoms with Crippen molar-refractivity contribution in [2.45, 2.75) is 58.0 Å². The van der Waals surface area contributed by atoms with Crippen molar-refractivity contribution in [1.82, 2.24) is 24.6 Å². The molecule has 3 atom stereocenters. The van der Waals surface area contributed by atoms with Gasteiger partial charge in [-0.3, -0.25) is 14.7 Å². The molecule has 0 spiro atoms. The summed E-state index contributed by atoms with van der Waals surface area (Å²) in [5, 5.41) is 4.97. The van der Waals surface area contributed by atoms with E-state index in [2.05, 4.69) is 40.7 Å². The first-order chi connectivity index (χ1) is 12.9. The third kappa shape index (κ3) is 2.87. The zero-order valence-corrected chi connectivity index (χ0v) is 16.6. The molecule has 3 heterocycles. The van der Waals surface area contributed by atoms with Crippen molar-refractivity contribution in [2.24, 2.45) is 11.8 Å². The van der Waals surface area contributed by atoms with Crippen molar-refractivity contribution in [3.63, 3.8) is 0 Å². The molecule has 2 aromatic rings. The number of H-pyrrole nitrogens is 1. The molecule has 7 heteroatoms. The zero-order chi connectivity index (χ0) is 18.8. The lowest BCUT2D eigenvalue weighted by molar-refractivity contribution is 0.134. The van der Waals surface area contributed by atoms with Gasteiger partial charge in [-0.25, -0.2) is 4.68 Å². The van der Waals surface area contributed by atoms with E-state index in [1.54, 1.807) is 6.20 Å². The van der Waals surface area contributed by atoms with Crippen LogP contribution in [0.15, 0.2) is 11.0 Å². The van der Waals surface area contributed by atoms with Crippen LogP contribution in [0, 0.1) is 11.8 Å². The molecular formula is C20H30N6O. The van der Waals surface area contributed by atoms with Crippen LogP contribution in [-0.2, 0) is 5.54 Å². The molecule has 0 radical (unpaired) electrons. The van der Waals surface area contributed by atoms with E-state index in [0.717, 1.165) is 44.1 Å². The first-order valence-corrected chi connectivity index (χ1v) is 10.4. The summed E-state index contributed by atoms with van der Waals surface area (Å²) >= 11 is 0. The number of nitrogens with one attached hydrogen (secondary N) is 1. The summed E-state index contributed by atoms with van der Waals surface area (Å²) < 4.78 is 1.85. The maximum atomic E-state index is 12.6. The molecule has 2 bridgehead atoms. The third-order valence-electron chi connectivity index (χ3n) is 6.84. The molecule has 3 unspecified atom stereocenters.